The molecule has 12 heteroatoms. The molecule has 2 amide bonds. The predicted molar refractivity (Wildman–Crippen MR) is 169 cm³/mol. The number of sulfonamides is 1. The topological polar surface area (TPSA) is 130 Å². The Labute approximate surface area is 261 Å². The summed E-state index contributed by atoms with van der Waals surface area (Å²) in [4.78, 5) is 40.0. The van der Waals surface area contributed by atoms with E-state index in [4.69, 9.17) is 11.6 Å². The lowest BCUT2D eigenvalue weighted by molar-refractivity contribution is -0.384. The first-order chi connectivity index (χ1) is 21.1. The Hall–Kier alpha value is -4.74. The van der Waals surface area contributed by atoms with E-state index in [1.807, 2.05) is 30.3 Å². The van der Waals surface area contributed by atoms with Crippen LogP contribution in [0.15, 0.2) is 114 Å². The maximum atomic E-state index is 14.3. The smallest absolute Gasteiger partial charge is 0.271 e. The molecule has 0 aliphatic carbocycles. The van der Waals surface area contributed by atoms with Crippen LogP contribution in [0.25, 0.3) is 0 Å². The Balaban J connectivity index is 1.82. The molecule has 228 valence electrons. The van der Waals surface area contributed by atoms with Crippen molar-refractivity contribution in [2.75, 3.05) is 17.4 Å². The SMILES string of the molecule is CCNC(=O)[C@H](Cc1ccccc1)N(Cc1cccc(Cl)c1)C(=O)CN(c1cccc([N+](=O)[O-])c1)S(=O)(=O)c1ccccc1. The van der Waals surface area contributed by atoms with E-state index in [9.17, 15) is 28.1 Å². The van der Waals surface area contributed by atoms with Gasteiger partial charge in [0.05, 0.1) is 15.5 Å². The summed E-state index contributed by atoms with van der Waals surface area (Å²) in [6, 6.07) is 27.5. The third kappa shape index (κ3) is 8.00. The Bertz CT molecular complexity index is 1720. The maximum absolute atomic E-state index is 14.3. The maximum Gasteiger partial charge on any atom is 0.271 e. The van der Waals surface area contributed by atoms with Crippen LogP contribution in [-0.4, -0.2) is 49.2 Å². The highest BCUT2D eigenvalue weighted by Crippen LogP contribution is 2.28. The van der Waals surface area contributed by atoms with E-state index in [1.165, 1.54) is 47.4 Å². The number of likely N-dealkylation sites (N-methyl/N-ethyl adjacent to an activating group) is 1. The number of nitrogens with zero attached hydrogens (tertiary/aromatic N) is 3. The van der Waals surface area contributed by atoms with Gasteiger partial charge in [-0.05, 0) is 48.4 Å². The van der Waals surface area contributed by atoms with E-state index in [0.717, 1.165) is 15.9 Å². The van der Waals surface area contributed by atoms with Crippen molar-refractivity contribution in [1.29, 1.82) is 0 Å². The Morgan fingerprint density at radius 1 is 0.886 bits per heavy atom. The molecule has 0 spiro atoms. The lowest BCUT2D eigenvalue weighted by atomic mass is 10.0. The van der Waals surface area contributed by atoms with Crippen LogP contribution in [0.1, 0.15) is 18.1 Å². The van der Waals surface area contributed by atoms with Gasteiger partial charge in [-0.15, -0.1) is 0 Å². The van der Waals surface area contributed by atoms with Gasteiger partial charge in [0, 0.05) is 36.7 Å². The van der Waals surface area contributed by atoms with Crippen LogP contribution >= 0.6 is 11.6 Å². The van der Waals surface area contributed by atoms with Crippen LogP contribution in [0.3, 0.4) is 0 Å². The number of nitro benzene ring substituents is 1. The van der Waals surface area contributed by atoms with Crippen molar-refractivity contribution < 1.29 is 22.9 Å². The Morgan fingerprint density at radius 2 is 1.52 bits per heavy atom. The fourth-order valence-electron chi connectivity index (χ4n) is 4.69. The van der Waals surface area contributed by atoms with Crippen molar-refractivity contribution in [2.24, 2.45) is 0 Å². The van der Waals surface area contributed by atoms with Crippen molar-refractivity contribution in [3.63, 3.8) is 0 Å². The Morgan fingerprint density at radius 3 is 2.16 bits per heavy atom. The van der Waals surface area contributed by atoms with Crippen LogP contribution in [0.2, 0.25) is 5.02 Å². The fourth-order valence-corrected chi connectivity index (χ4v) is 6.33. The minimum atomic E-state index is -4.38. The molecule has 0 fully saturated rings. The summed E-state index contributed by atoms with van der Waals surface area (Å²) in [5.41, 5.74) is 1.00. The average molecular weight is 635 g/mol. The average Bonchev–Trinajstić information content (AvgIpc) is 3.02. The molecule has 0 aromatic heterocycles. The van der Waals surface area contributed by atoms with Gasteiger partial charge in [0.2, 0.25) is 11.8 Å². The van der Waals surface area contributed by atoms with Crippen molar-refractivity contribution in [3.05, 3.63) is 135 Å². The lowest BCUT2D eigenvalue weighted by Crippen LogP contribution is -2.53. The number of rotatable bonds is 13. The Kier molecular flexibility index (Phi) is 10.7. The molecular weight excluding hydrogens is 604 g/mol. The predicted octanol–water partition coefficient (Wildman–Crippen LogP) is 5.22. The third-order valence-electron chi connectivity index (χ3n) is 6.80. The van der Waals surface area contributed by atoms with Crippen molar-refractivity contribution >= 4 is 44.8 Å². The normalized spacial score (nSPS) is 11.8. The first-order valence-electron chi connectivity index (χ1n) is 13.8. The molecule has 0 heterocycles. The number of halogens is 1. The minimum Gasteiger partial charge on any atom is -0.355 e. The highest BCUT2D eigenvalue weighted by atomic mass is 35.5. The molecular formula is C32H31ClN4O6S. The van der Waals surface area contributed by atoms with Crippen molar-refractivity contribution in [3.8, 4) is 0 Å². The molecule has 1 atom stereocenters. The van der Waals surface area contributed by atoms with Gasteiger partial charge in [-0.1, -0.05) is 78.3 Å². The summed E-state index contributed by atoms with van der Waals surface area (Å²) in [7, 11) is -4.38. The number of anilines is 1. The molecule has 4 aromatic carbocycles. The summed E-state index contributed by atoms with van der Waals surface area (Å²) >= 11 is 6.24. The summed E-state index contributed by atoms with van der Waals surface area (Å²) in [6.07, 6.45) is 0.154. The van der Waals surface area contributed by atoms with E-state index >= 15 is 0 Å². The molecule has 0 radical (unpaired) electrons. The van der Waals surface area contributed by atoms with E-state index in [1.54, 1.807) is 37.3 Å². The van der Waals surface area contributed by atoms with Crippen molar-refractivity contribution in [1.82, 2.24) is 10.2 Å². The molecule has 10 nitrogen and oxygen atoms in total. The quantitative estimate of drug-likeness (QED) is 0.159. The number of amides is 2. The van der Waals surface area contributed by atoms with Gasteiger partial charge < -0.3 is 10.2 Å². The highest BCUT2D eigenvalue weighted by Gasteiger charge is 2.35. The molecule has 0 saturated heterocycles. The number of hydrogen-bond acceptors (Lipinski definition) is 6. The van der Waals surface area contributed by atoms with Gasteiger partial charge in [0.25, 0.3) is 15.7 Å². The monoisotopic (exact) mass is 634 g/mol. The number of carbonyl (C=O) groups is 2. The molecule has 0 bridgehead atoms. The summed E-state index contributed by atoms with van der Waals surface area (Å²) in [5, 5.41) is 14.8. The van der Waals surface area contributed by atoms with E-state index < -0.39 is 39.3 Å². The second-order valence-corrected chi connectivity index (χ2v) is 12.2. The van der Waals surface area contributed by atoms with Gasteiger partial charge in [-0.2, -0.15) is 0 Å². The summed E-state index contributed by atoms with van der Waals surface area (Å²) < 4.78 is 28.8. The minimum absolute atomic E-state index is 0.0534. The van der Waals surface area contributed by atoms with Crippen molar-refractivity contribution in [2.45, 2.75) is 30.8 Å². The first-order valence-corrected chi connectivity index (χ1v) is 15.6. The number of nitrogens with one attached hydrogen (secondary N) is 1. The summed E-state index contributed by atoms with van der Waals surface area (Å²) in [6.45, 7) is 1.29. The second-order valence-electron chi connectivity index (χ2n) is 9.85. The molecule has 0 saturated carbocycles. The number of benzene rings is 4. The third-order valence-corrected chi connectivity index (χ3v) is 8.83. The summed E-state index contributed by atoms with van der Waals surface area (Å²) in [5.74, 6) is -1.11. The van der Waals surface area contributed by atoms with Crippen LogP contribution in [0.5, 0.6) is 0 Å². The number of carbonyl (C=O) groups excluding carboxylic acids is 2. The zero-order valence-electron chi connectivity index (χ0n) is 23.9. The number of hydrogen-bond donors (Lipinski definition) is 1. The lowest BCUT2D eigenvalue weighted by Gasteiger charge is -2.33. The van der Waals surface area contributed by atoms with Gasteiger partial charge >= 0.3 is 0 Å². The molecule has 44 heavy (non-hydrogen) atoms. The molecule has 1 N–H and O–H groups in total. The molecule has 0 unspecified atom stereocenters. The van der Waals surface area contributed by atoms with Gasteiger partial charge in [0.1, 0.15) is 12.6 Å². The number of nitro groups is 1. The molecule has 0 aliphatic heterocycles. The second kappa shape index (κ2) is 14.6. The van der Waals surface area contributed by atoms with E-state index in [-0.39, 0.29) is 29.2 Å². The molecule has 4 rings (SSSR count). The first kappa shape index (κ1) is 32.2. The van der Waals surface area contributed by atoms with Crippen LogP contribution in [-0.2, 0) is 32.6 Å². The zero-order valence-corrected chi connectivity index (χ0v) is 25.4. The van der Waals surface area contributed by atoms with E-state index in [0.29, 0.717) is 17.1 Å². The fraction of sp³-hybridized carbons (Fsp3) is 0.188. The van der Waals surface area contributed by atoms with Crippen LogP contribution < -0.4 is 9.62 Å². The van der Waals surface area contributed by atoms with Gasteiger partial charge in [-0.3, -0.25) is 24.0 Å². The highest BCUT2D eigenvalue weighted by molar-refractivity contribution is 7.92. The standard InChI is InChI=1S/C32H31ClN4O6S/c1-2-34-32(39)30(20-24-11-5-3-6-12-24)35(22-25-13-9-14-26(33)19-25)31(38)23-36(27-15-10-16-28(21-27)37(40)41)44(42,43)29-17-7-4-8-18-29/h3-19,21,30H,2,20,22-23H2,1H3,(H,34,39)/t30-/m0/s1. The molecule has 0 aliphatic rings. The molecule has 4 aromatic rings. The number of non-ortho nitro benzene ring substituents is 1. The van der Waals surface area contributed by atoms with Gasteiger partial charge in [-0.25, -0.2) is 8.42 Å². The van der Waals surface area contributed by atoms with E-state index in [2.05, 4.69) is 5.32 Å². The largest absolute Gasteiger partial charge is 0.355 e. The van der Waals surface area contributed by atoms with Gasteiger partial charge in [0.15, 0.2) is 0 Å². The zero-order chi connectivity index (χ0) is 31.7. The van der Waals surface area contributed by atoms with Crippen LogP contribution in [0.4, 0.5) is 11.4 Å². The van der Waals surface area contributed by atoms with Crippen LogP contribution in [0, 0.1) is 10.1 Å².